The van der Waals surface area contributed by atoms with E-state index in [1.165, 1.54) is 25.7 Å². The first-order valence-corrected chi connectivity index (χ1v) is 7.70. The second-order valence-corrected chi connectivity index (χ2v) is 5.34. The lowest BCUT2D eigenvalue weighted by Crippen LogP contribution is -2.05. The van der Waals surface area contributed by atoms with Crippen molar-refractivity contribution in [3.05, 3.63) is 29.8 Å². The van der Waals surface area contributed by atoms with Gasteiger partial charge in [-0.3, -0.25) is 4.79 Å². The summed E-state index contributed by atoms with van der Waals surface area (Å²) >= 11 is 0. The molecule has 0 saturated carbocycles. The van der Waals surface area contributed by atoms with Crippen molar-refractivity contribution >= 4 is 5.97 Å². The Balaban J connectivity index is 1.73. The van der Waals surface area contributed by atoms with E-state index in [4.69, 9.17) is 9.47 Å². The number of benzene rings is 1. The van der Waals surface area contributed by atoms with Crippen molar-refractivity contribution in [1.82, 2.24) is 0 Å². The molecule has 1 aromatic carbocycles. The first-order valence-electron chi connectivity index (χ1n) is 7.70. The summed E-state index contributed by atoms with van der Waals surface area (Å²) in [5, 5.41) is 0. The van der Waals surface area contributed by atoms with E-state index in [0.717, 1.165) is 30.8 Å². The van der Waals surface area contributed by atoms with Gasteiger partial charge >= 0.3 is 5.97 Å². The third kappa shape index (κ3) is 4.26. The second-order valence-electron chi connectivity index (χ2n) is 5.34. The van der Waals surface area contributed by atoms with Gasteiger partial charge in [0.25, 0.3) is 0 Å². The smallest absolute Gasteiger partial charge is 0.313 e. The maximum atomic E-state index is 11.5. The molecule has 1 aliphatic rings. The van der Waals surface area contributed by atoms with Crippen LogP contribution in [-0.4, -0.2) is 19.2 Å². The molecule has 1 aliphatic heterocycles. The van der Waals surface area contributed by atoms with Gasteiger partial charge in [0.1, 0.15) is 5.75 Å². The summed E-state index contributed by atoms with van der Waals surface area (Å²) in [4.78, 5) is 11.5. The predicted octanol–water partition coefficient (Wildman–Crippen LogP) is 4.07. The normalized spacial score (nSPS) is 18.1. The molecular weight excluding hydrogens is 252 g/mol. The molecule has 1 saturated heterocycles. The zero-order valence-corrected chi connectivity index (χ0v) is 12.3. The van der Waals surface area contributed by atoms with Crippen LogP contribution in [0, 0.1) is 0 Å². The maximum absolute atomic E-state index is 11.5. The third-order valence-corrected chi connectivity index (χ3v) is 3.73. The van der Waals surface area contributed by atoms with Crippen molar-refractivity contribution in [3.63, 3.8) is 0 Å². The Bertz CT molecular complexity index is 411. The van der Waals surface area contributed by atoms with Crippen LogP contribution in [0.4, 0.5) is 0 Å². The SMILES string of the molecule is CCCCCCCOc1ccc(C2CCOC2=O)cc1. The van der Waals surface area contributed by atoms with Crippen LogP contribution in [-0.2, 0) is 9.53 Å². The van der Waals surface area contributed by atoms with Crippen LogP contribution in [0.1, 0.15) is 56.9 Å². The molecule has 0 aliphatic carbocycles. The fraction of sp³-hybridized carbons (Fsp3) is 0.588. The molecule has 1 heterocycles. The predicted molar refractivity (Wildman–Crippen MR) is 79.0 cm³/mol. The van der Waals surface area contributed by atoms with Crippen molar-refractivity contribution in [1.29, 1.82) is 0 Å². The Hall–Kier alpha value is -1.51. The largest absolute Gasteiger partial charge is 0.494 e. The molecule has 0 aromatic heterocycles. The van der Waals surface area contributed by atoms with Crippen molar-refractivity contribution in [2.75, 3.05) is 13.2 Å². The lowest BCUT2D eigenvalue weighted by molar-refractivity contribution is -0.139. The molecule has 0 radical (unpaired) electrons. The van der Waals surface area contributed by atoms with E-state index in [2.05, 4.69) is 6.92 Å². The summed E-state index contributed by atoms with van der Waals surface area (Å²) in [7, 11) is 0. The maximum Gasteiger partial charge on any atom is 0.313 e. The molecule has 3 nitrogen and oxygen atoms in total. The molecule has 0 N–H and O–H groups in total. The van der Waals surface area contributed by atoms with E-state index in [1.54, 1.807) is 0 Å². The van der Waals surface area contributed by atoms with Gasteiger partial charge in [-0.1, -0.05) is 44.7 Å². The quantitative estimate of drug-likeness (QED) is 0.530. The molecule has 3 heteroatoms. The van der Waals surface area contributed by atoms with E-state index in [9.17, 15) is 4.79 Å². The average molecular weight is 276 g/mol. The second kappa shape index (κ2) is 7.93. The molecule has 0 amide bonds. The average Bonchev–Trinajstić information content (AvgIpc) is 2.90. The molecular formula is C17H24O3. The Labute approximate surface area is 121 Å². The number of ether oxygens (including phenoxy) is 2. The zero-order chi connectivity index (χ0) is 14.2. The minimum absolute atomic E-state index is 0.0851. The Morgan fingerprint density at radius 2 is 1.90 bits per heavy atom. The summed E-state index contributed by atoms with van der Waals surface area (Å²) in [6.45, 7) is 3.53. The standard InChI is InChI=1S/C17H24O3/c1-2-3-4-5-6-12-19-15-9-7-14(8-10-15)16-11-13-20-17(16)18/h7-10,16H,2-6,11-13H2,1H3. The van der Waals surface area contributed by atoms with Gasteiger partial charge < -0.3 is 9.47 Å². The highest BCUT2D eigenvalue weighted by Crippen LogP contribution is 2.27. The monoisotopic (exact) mass is 276 g/mol. The summed E-state index contributed by atoms with van der Waals surface area (Å²) < 4.78 is 10.7. The highest BCUT2D eigenvalue weighted by atomic mass is 16.5. The first-order chi connectivity index (χ1) is 9.81. The lowest BCUT2D eigenvalue weighted by Gasteiger charge is -2.09. The fourth-order valence-electron chi connectivity index (χ4n) is 2.49. The molecule has 0 spiro atoms. The van der Waals surface area contributed by atoms with Crippen LogP contribution >= 0.6 is 0 Å². The van der Waals surface area contributed by atoms with Gasteiger partial charge in [-0.25, -0.2) is 0 Å². The molecule has 2 rings (SSSR count). The van der Waals surface area contributed by atoms with Crippen molar-refractivity contribution in [2.45, 2.75) is 51.4 Å². The number of rotatable bonds is 8. The highest BCUT2D eigenvalue weighted by Gasteiger charge is 2.27. The minimum Gasteiger partial charge on any atom is -0.494 e. The topological polar surface area (TPSA) is 35.5 Å². The van der Waals surface area contributed by atoms with Gasteiger partial charge in [-0.2, -0.15) is 0 Å². The van der Waals surface area contributed by atoms with Crippen LogP contribution in [0.5, 0.6) is 5.75 Å². The number of carbonyl (C=O) groups is 1. The molecule has 110 valence electrons. The number of unbranched alkanes of at least 4 members (excludes halogenated alkanes) is 4. The van der Waals surface area contributed by atoms with Crippen molar-refractivity contribution < 1.29 is 14.3 Å². The van der Waals surface area contributed by atoms with Gasteiger partial charge in [0.2, 0.25) is 0 Å². The fourth-order valence-corrected chi connectivity index (χ4v) is 2.49. The van der Waals surface area contributed by atoms with Gasteiger partial charge in [0.15, 0.2) is 0 Å². The van der Waals surface area contributed by atoms with E-state index < -0.39 is 0 Å². The number of carbonyl (C=O) groups excluding carboxylic acids is 1. The van der Waals surface area contributed by atoms with Gasteiger partial charge in [0, 0.05) is 0 Å². The Morgan fingerprint density at radius 1 is 1.15 bits per heavy atom. The number of cyclic esters (lactones) is 1. The van der Waals surface area contributed by atoms with Crippen LogP contribution in [0.3, 0.4) is 0 Å². The summed E-state index contributed by atoms with van der Waals surface area (Å²) in [6, 6.07) is 7.85. The Kier molecular flexibility index (Phi) is 5.90. The van der Waals surface area contributed by atoms with E-state index >= 15 is 0 Å². The van der Waals surface area contributed by atoms with Crippen LogP contribution in [0.15, 0.2) is 24.3 Å². The summed E-state index contributed by atoms with van der Waals surface area (Å²) in [5.41, 5.74) is 1.03. The van der Waals surface area contributed by atoms with Crippen LogP contribution in [0.2, 0.25) is 0 Å². The summed E-state index contributed by atoms with van der Waals surface area (Å²) in [6.07, 6.45) is 7.01. The number of hydrogen-bond donors (Lipinski definition) is 0. The molecule has 1 fully saturated rings. The number of hydrogen-bond acceptors (Lipinski definition) is 3. The lowest BCUT2D eigenvalue weighted by atomic mass is 9.98. The third-order valence-electron chi connectivity index (χ3n) is 3.73. The zero-order valence-electron chi connectivity index (χ0n) is 12.3. The molecule has 20 heavy (non-hydrogen) atoms. The van der Waals surface area contributed by atoms with Gasteiger partial charge in [-0.05, 0) is 30.5 Å². The van der Waals surface area contributed by atoms with Crippen LogP contribution in [0.25, 0.3) is 0 Å². The minimum atomic E-state index is -0.102. The molecule has 1 aromatic rings. The Morgan fingerprint density at radius 3 is 2.55 bits per heavy atom. The number of esters is 1. The van der Waals surface area contributed by atoms with E-state index in [0.29, 0.717) is 6.61 Å². The highest BCUT2D eigenvalue weighted by molar-refractivity contribution is 5.79. The van der Waals surface area contributed by atoms with E-state index in [1.807, 2.05) is 24.3 Å². The van der Waals surface area contributed by atoms with Gasteiger partial charge in [-0.15, -0.1) is 0 Å². The summed E-state index contributed by atoms with van der Waals surface area (Å²) in [5.74, 6) is 0.697. The first kappa shape index (κ1) is 14.9. The van der Waals surface area contributed by atoms with Gasteiger partial charge in [0.05, 0.1) is 19.1 Å². The van der Waals surface area contributed by atoms with Crippen molar-refractivity contribution in [3.8, 4) is 5.75 Å². The molecule has 1 unspecified atom stereocenters. The molecule has 0 bridgehead atoms. The van der Waals surface area contributed by atoms with Crippen LogP contribution < -0.4 is 4.74 Å². The molecule has 1 atom stereocenters. The van der Waals surface area contributed by atoms with E-state index in [-0.39, 0.29) is 11.9 Å². The van der Waals surface area contributed by atoms with Crippen molar-refractivity contribution in [2.24, 2.45) is 0 Å².